The molecule has 7 unspecified atom stereocenters. The van der Waals surface area contributed by atoms with Gasteiger partial charge in [0, 0.05) is 6.20 Å². The standard InChI is InChI=1S/C32H40F3N11O25P4/c1-43-10-46(26-17(43)27(53)42-31(37)41-26)29-21(52)19(50)13(66-29)6-63-73(56,57)70-75(60,61)71-74(58,59)64-7-14-22(23(68-32(33,34)35)30(67-14)45-9-40-16-24(36)38-8-39-25(16)45)69-72(54,55)62-5-12-18(49)20(51)28(65-12)44-3-2-11(47)4-15(44)48/h2-3,8-10,12-14,18-23,28-30,49-52H,4-7H2,1H3,(H8-,36,37,38,39,41,42,53,54,55,56,57,58,59,60,61)/p+1/t12-,13-,14-,18?,19+,20+,21?,22?,23+,28-,29-,30-/m1/s1. The van der Waals surface area contributed by atoms with E-state index in [1.54, 1.807) is 0 Å². The van der Waals surface area contributed by atoms with Gasteiger partial charge in [-0.3, -0.25) is 56.2 Å². The maximum atomic E-state index is 14.1. The Morgan fingerprint density at radius 2 is 1.40 bits per heavy atom. The van der Waals surface area contributed by atoms with Crippen molar-refractivity contribution in [3.8, 4) is 0 Å². The Kier molecular flexibility index (Phi) is 15.8. The highest BCUT2D eigenvalue weighted by atomic mass is 31.3. The number of nitrogens with one attached hydrogen (secondary N) is 1. The fourth-order valence-corrected chi connectivity index (χ4v) is 12.4. The van der Waals surface area contributed by atoms with Gasteiger partial charge in [0.25, 0.3) is 11.5 Å². The highest BCUT2D eigenvalue weighted by Gasteiger charge is 2.57. The van der Waals surface area contributed by atoms with Gasteiger partial charge in [-0.15, -0.1) is 13.2 Å². The lowest BCUT2D eigenvalue weighted by Crippen LogP contribution is -2.46. The number of aryl methyl sites for hydroxylation is 1. The number of hydrogen-bond acceptors (Lipinski definition) is 27. The van der Waals surface area contributed by atoms with Crippen LogP contribution < -0.4 is 21.6 Å². The fraction of sp³-hybridized carbons (Fsp3) is 0.562. The van der Waals surface area contributed by atoms with Gasteiger partial charge >= 0.3 is 43.3 Å². The lowest BCUT2D eigenvalue weighted by molar-refractivity contribution is -0.745. The Labute approximate surface area is 413 Å². The molecule has 13 N–H and O–H groups in total. The SMILES string of the molecule is Cn1c[n+]([C@@H]2O[C@H](COP(=O)(O)OP(=O)(O)OP(=O)(O)OC[C@H]3O[C@@H](n4cnc5c(N)ncnc54)[C@@H](OC(F)(F)F)C3OP(=O)(O)OC[C@H]3O[C@@H](N4C=CC(=O)CC4=O)[C@@H](O)C3O)[C@H](O)C2O)c2nc(N)[nH]c(=O)c21. The number of phosphoric acid groups is 4. The second-order valence-electron chi connectivity index (χ2n) is 16.3. The van der Waals surface area contributed by atoms with E-state index in [4.69, 9.17) is 34.7 Å². The molecule has 414 valence electrons. The van der Waals surface area contributed by atoms with Gasteiger partial charge in [0.2, 0.25) is 17.7 Å². The molecule has 43 heteroatoms. The number of fused-ring (bicyclic) bond motifs is 2. The normalized spacial score (nSPS) is 31.8. The number of aromatic amines is 1. The summed E-state index contributed by atoms with van der Waals surface area (Å²) in [5, 5.41) is 42.6. The van der Waals surface area contributed by atoms with Crippen molar-refractivity contribution in [2.24, 2.45) is 7.05 Å². The van der Waals surface area contributed by atoms with Crippen LogP contribution in [0, 0.1) is 0 Å². The molecule has 36 nitrogen and oxygen atoms in total. The molecular formula is C32H41F3N11O25P4+. The Bertz CT molecular complexity index is 3150. The number of ether oxygens (including phenoxy) is 4. The van der Waals surface area contributed by atoms with Crippen LogP contribution in [0.4, 0.5) is 24.9 Å². The molecule has 0 bridgehead atoms. The summed E-state index contributed by atoms with van der Waals surface area (Å²) in [6.07, 6.45) is -26.1. The largest absolute Gasteiger partial charge is 0.523 e. The van der Waals surface area contributed by atoms with Crippen LogP contribution in [0.2, 0.25) is 0 Å². The predicted octanol–water partition coefficient (Wildman–Crippen LogP) is -3.39. The summed E-state index contributed by atoms with van der Waals surface area (Å²) in [7, 11) is -23.0. The number of aromatic nitrogens is 8. The van der Waals surface area contributed by atoms with Gasteiger partial charge in [-0.05, 0) is 6.08 Å². The number of anilines is 2. The highest BCUT2D eigenvalue weighted by Crippen LogP contribution is 2.68. The second-order valence-corrected chi connectivity index (χ2v) is 22.3. The van der Waals surface area contributed by atoms with Gasteiger partial charge in [-0.25, -0.2) is 37.8 Å². The van der Waals surface area contributed by atoms with Gasteiger partial charge in [0.05, 0.1) is 39.6 Å². The maximum Gasteiger partial charge on any atom is 0.523 e. The second kappa shape index (κ2) is 21.0. The minimum absolute atomic E-state index is 0.0655. The minimum Gasteiger partial charge on any atom is -0.387 e. The average molecular weight is 1160 g/mol. The zero-order valence-electron chi connectivity index (χ0n) is 37.3. The first-order valence-electron chi connectivity index (χ1n) is 20.8. The van der Waals surface area contributed by atoms with Crippen molar-refractivity contribution < 1.29 is 131 Å². The highest BCUT2D eigenvalue weighted by molar-refractivity contribution is 7.66. The first-order chi connectivity index (χ1) is 34.8. The third kappa shape index (κ3) is 12.4. The summed E-state index contributed by atoms with van der Waals surface area (Å²) in [6, 6.07) is 0. The Morgan fingerprint density at radius 3 is 2.04 bits per heavy atom. The van der Waals surface area contributed by atoms with Crippen LogP contribution in [-0.2, 0) is 80.6 Å². The number of rotatable bonds is 19. The van der Waals surface area contributed by atoms with Crippen molar-refractivity contribution in [2.45, 2.75) is 86.4 Å². The molecule has 8 rings (SSSR count). The molecule has 0 saturated carbocycles. The van der Waals surface area contributed by atoms with Gasteiger partial charge in [-0.2, -0.15) is 8.62 Å². The monoisotopic (exact) mass is 1160 g/mol. The number of ketones is 1. The third-order valence-electron chi connectivity index (χ3n) is 11.1. The molecule has 4 aromatic heterocycles. The molecule has 3 fully saturated rings. The molecule has 3 saturated heterocycles. The molecule has 0 aliphatic carbocycles. The van der Waals surface area contributed by atoms with Crippen molar-refractivity contribution in [3.05, 3.63) is 41.6 Å². The number of carbonyl (C=O) groups is 2. The van der Waals surface area contributed by atoms with Crippen molar-refractivity contribution in [2.75, 3.05) is 31.3 Å². The smallest absolute Gasteiger partial charge is 0.387 e. The first-order valence-corrected chi connectivity index (χ1v) is 26.8. The van der Waals surface area contributed by atoms with E-state index in [1.807, 2.05) is 0 Å². The molecule has 4 aliphatic rings. The van der Waals surface area contributed by atoms with E-state index in [1.165, 1.54) is 17.9 Å². The number of alkyl halides is 3. The van der Waals surface area contributed by atoms with Crippen LogP contribution in [0.15, 0.2) is 36.1 Å². The summed E-state index contributed by atoms with van der Waals surface area (Å²) in [5.74, 6) is -2.14. The fourth-order valence-electron chi connectivity index (χ4n) is 7.96. The molecule has 16 atom stereocenters. The van der Waals surface area contributed by atoms with Crippen molar-refractivity contribution >= 4 is 77.1 Å². The first kappa shape index (κ1) is 56.6. The van der Waals surface area contributed by atoms with Gasteiger partial charge < -0.3 is 65.7 Å². The number of nitrogens with zero attached hydrogens (tertiary/aromatic N) is 8. The molecule has 1 amide bonds. The van der Waals surface area contributed by atoms with Crippen LogP contribution in [0.25, 0.3) is 22.3 Å². The molecule has 75 heavy (non-hydrogen) atoms. The Hall–Kier alpha value is -4.63. The van der Waals surface area contributed by atoms with Crippen LogP contribution in [0.1, 0.15) is 18.9 Å². The molecule has 0 aromatic carbocycles. The van der Waals surface area contributed by atoms with Gasteiger partial charge in [0.15, 0.2) is 36.0 Å². The lowest BCUT2D eigenvalue weighted by atomic mass is 10.1. The quantitative estimate of drug-likeness (QED) is 0.0248. The topological polar surface area (TPSA) is 510 Å². The predicted molar refractivity (Wildman–Crippen MR) is 227 cm³/mol. The van der Waals surface area contributed by atoms with E-state index in [2.05, 4.69) is 47.3 Å². The summed E-state index contributed by atoms with van der Waals surface area (Å²) >= 11 is 0. The number of amides is 1. The maximum absolute atomic E-state index is 14.1. The summed E-state index contributed by atoms with van der Waals surface area (Å²) in [6.45, 7) is -4.10. The third-order valence-corrected chi connectivity index (χ3v) is 16.4. The molecule has 8 heterocycles. The van der Waals surface area contributed by atoms with Crippen LogP contribution in [-0.4, -0.2) is 178 Å². The van der Waals surface area contributed by atoms with E-state index in [0.29, 0.717) is 0 Å². The number of phosphoric ester groups is 3. The van der Waals surface area contributed by atoms with E-state index < -0.39 is 155 Å². The molecule has 4 aromatic rings. The number of halogens is 3. The van der Waals surface area contributed by atoms with Crippen LogP contribution in [0.3, 0.4) is 0 Å². The van der Waals surface area contributed by atoms with Crippen molar-refractivity contribution in [3.63, 3.8) is 0 Å². The number of aliphatic hydroxyl groups is 4. The van der Waals surface area contributed by atoms with Crippen molar-refractivity contribution in [1.29, 1.82) is 0 Å². The van der Waals surface area contributed by atoms with Crippen LogP contribution >= 0.6 is 31.3 Å². The number of nitrogens with two attached hydrogens (primary N) is 2. The molecule has 0 spiro atoms. The number of aliphatic hydroxyl groups excluding tert-OH is 4. The van der Waals surface area contributed by atoms with E-state index >= 15 is 0 Å². The number of hydrogen-bond donors (Lipinski definition) is 11. The summed E-state index contributed by atoms with van der Waals surface area (Å²) < 4.78 is 146. The van der Waals surface area contributed by atoms with Crippen LogP contribution in [0.5, 0.6) is 0 Å². The van der Waals surface area contributed by atoms with Crippen molar-refractivity contribution in [1.82, 2.24) is 39.0 Å². The summed E-state index contributed by atoms with van der Waals surface area (Å²) in [4.78, 5) is 96.8. The van der Waals surface area contributed by atoms with E-state index in [9.17, 15) is 85.8 Å². The Balaban J connectivity index is 0.957. The average Bonchev–Trinajstić information content (AvgIpc) is 4.08. The number of imidazole rings is 2. The van der Waals surface area contributed by atoms with Gasteiger partial charge in [-0.1, -0.05) is 4.98 Å². The lowest BCUT2D eigenvalue weighted by Gasteiger charge is -2.29. The Morgan fingerprint density at radius 1 is 0.800 bits per heavy atom. The van der Waals surface area contributed by atoms with E-state index in [-0.39, 0.29) is 34.1 Å². The number of H-pyrrole nitrogens is 1. The number of allylic oxidation sites excluding steroid dienone is 1. The zero-order valence-corrected chi connectivity index (χ0v) is 40.9. The molecule has 0 radical (unpaired) electrons. The van der Waals surface area contributed by atoms with Gasteiger partial charge in [0.1, 0.15) is 66.8 Å². The minimum atomic E-state index is -6.37. The number of carbonyl (C=O) groups excluding carboxylic acids is 2. The zero-order chi connectivity index (χ0) is 54.9. The molecular weight excluding hydrogens is 1120 g/mol. The van der Waals surface area contributed by atoms with E-state index in [0.717, 1.165) is 39.0 Å². The molecule has 4 aliphatic heterocycles. The number of nitrogen functional groups attached to an aromatic ring is 2. The summed E-state index contributed by atoms with van der Waals surface area (Å²) in [5.41, 5.74) is 9.91.